The molecule has 0 radical (unpaired) electrons. The highest BCUT2D eigenvalue weighted by molar-refractivity contribution is 5.90. The molecule has 132 valence electrons. The Labute approximate surface area is 149 Å². The number of carbonyl (C=O) groups excluding carboxylic acids is 2. The number of rotatable bonds is 4. The predicted molar refractivity (Wildman–Crippen MR) is 92.8 cm³/mol. The fraction of sp³-hybridized carbons (Fsp3) is 0.211. The third kappa shape index (κ3) is 3.64. The van der Waals surface area contributed by atoms with E-state index in [9.17, 15) is 14.0 Å². The second-order valence-corrected chi connectivity index (χ2v) is 5.91. The summed E-state index contributed by atoms with van der Waals surface area (Å²) in [4.78, 5) is 24.3. The molecular weight excluding hydrogens is 337 g/mol. The van der Waals surface area contributed by atoms with Crippen molar-refractivity contribution in [3.05, 3.63) is 53.8 Å². The molecule has 0 aliphatic carbocycles. The van der Waals surface area contributed by atoms with Gasteiger partial charge < -0.3 is 10.1 Å². The molecular formula is C19H16FN3O3. The highest BCUT2D eigenvalue weighted by Gasteiger charge is 2.32. The number of nitrogens with zero attached hydrogens (tertiary/aromatic N) is 2. The maximum Gasteiger partial charge on any atom is 0.414 e. The van der Waals surface area contributed by atoms with Crippen molar-refractivity contribution in [1.82, 2.24) is 5.32 Å². The van der Waals surface area contributed by atoms with Crippen molar-refractivity contribution in [2.45, 2.75) is 13.0 Å². The molecule has 2 amide bonds. The molecule has 1 saturated heterocycles. The van der Waals surface area contributed by atoms with Crippen LogP contribution >= 0.6 is 0 Å². The summed E-state index contributed by atoms with van der Waals surface area (Å²) in [5.74, 6) is -0.692. The first-order valence-electron chi connectivity index (χ1n) is 8.00. The van der Waals surface area contributed by atoms with Gasteiger partial charge in [-0.1, -0.05) is 12.1 Å². The van der Waals surface area contributed by atoms with E-state index in [-0.39, 0.29) is 19.0 Å². The summed E-state index contributed by atoms with van der Waals surface area (Å²) in [5.41, 5.74) is 1.90. The topological polar surface area (TPSA) is 82.4 Å². The Hall–Kier alpha value is -3.40. The number of carbonyl (C=O) groups is 2. The summed E-state index contributed by atoms with van der Waals surface area (Å²) < 4.78 is 19.7. The largest absolute Gasteiger partial charge is 0.442 e. The number of hydrogen-bond acceptors (Lipinski definition) is 4. The highest BCUT2D eigenvalue weighted by Crippen LogP contribution is 2.29. The Kier molecular flexibility index (Phi) is 4.85. The van der Waals surface area contributed by atoms with Crippen LogP contribution in [0.25, 0.3) is 11.1 Å². The minimum atomic E-state index is -0.578. The molecule has 0 spiro atoms. The number of nitriles is 1. The minimum Gasteiger partial charge on any atom is -0.442 e. The molecule has 1 atom stereocenters. The molecule has 6 nitrogen and oxygen atoms in total. The van der Waals surface area contributed by atoms with Gasteiger partial charge in [0.05, 0.1) is 30.4 Å². The predicted octanol–water partition coefficient (Wildman–Crippen LogP) is 2.83. The summed E-state index contributed by atoms with van der Waals surface area (Å²) in [6.45, 7) is 1.82. The van der Waals surface area contributed by atoms with Crippen LogP contribution in [0.2, 0.25) is 0 Å². The fourth-order valence-electron chi connectivity index (χ4n) is 2.73. The van der Waals surface area contributed by atoms with E-state index in [2.05, 4.69) is 5.32 Å². The highest BCUT2D eigenvalue weighted by atomic mass is 19.1. The van der Waals surface area contributed by atoms with E-state index in [4.69, 9.17) is 10.00 Å². The molecule has 26 heavy (non-hydrogen) atoms. The lowest BCUT2D eigenvalue weighted by atomic mass is 10.0. The monoisotopic (exact) mass is 353 g/mol. The van der Waals surface area contributed by atoms with Crippen LogP contribution in [-0.2, 0) is 9.53 Å². The summed E-state index contributed by atoms with van der Waals surface area (Å²) in [5, 5.41) is 11.4. The maximum atomic E-state index is 14.5. The summed E-state index contributed by atoms with van der Waals surface area (Å²) in [6.07, 6.45) is -1.06. The zero-order chi connectivity index (χ0) is 18.7. The Morgan fingerprint density at radius 2 is 2.08 bits per heavy atom. The number of benzene rings is 2. The third-order valence-corrected chi connectivity index (χ3v) is 4.04. The van der Waals surface area contributed by atoms with E-state index >= 15 is 0 Å². The van der Waals surface area contributed by atoms with E-state index in [1.54, 1.807) is 36.4 Å². The number of halogens is 1. The number of ether oxygens (including phenoxy) is 1. The first-order chi connectivity index (χ1) is 12.5. The lowest BCUT2D eigenvalue weighted by molar-refractivity contribution is -0.119. The van der Waals surface area contributed by atoms with Gasteiger partial charge >= 0.3 is 6.09 Å². The van der Waals surface area contributed by atoms with Gasteiger partial charge in [0.15, 0.2) is 0 Å². The van der Waals surface area contributed by atoms with E-state index in [1.165, 1.54) is 17.9 Å². The van der Waals surface area contributed by atoms with Crippen molar-refractivity contribution in [2.24, 2.45) is 0 Å². The van der Waals surface area contributed by atoms with Gasteiger partial charge in [-0.15, -0.1) is 0 Å². The van der Waals surface area contributed by atoms with Crippen LogP contribution in [0.5, 0.6) is 0 Å². The Balaban J connectivity index is 1.78. The van der Waals surface area contributed by atoms with E-state index in [0.29, 0.717) is 22.4 Å². The Bertz CT molecular complexity index is 890. The smallest absolute Gasteiger partial charge is 0.414 e. The maximum absolute atomic E-state index is 14.5. The van der Waals surface area contributed by atoms with Gasteiger partial charge in [0, 0.05) is 12.5 Å². The SMILES string of the molecule is CC(=O)NCC1CN(c2ccc(-c3ccc(C#N)cc3)c(F)c2)C(=O)O1. The van der Waals surface area contributed by atoms with Crippen LogP contribution in [-0.4, -0.2) is 31.2 Å². The third-order valence-electron chi connectivity index (χ3n) is 4.04. The van der Waals surface area contributed by atoms with Crippen LogP contribution in [0.4, 0.5) is 14.9 Å². The first kappa shape index (κ1) is 17.4. The zero-order valence-corrected chi connectivity index (χ0v) is 14.0. The molecule has 1 fully saturated rings. The standard InChI is InChI=1S/C19H16FN3O3/c1-12(24)22-10-16-11-23(19(25)26-16)15-6-7-17(18(20)8-15)14-4-2-13(9-21)3-5-14/h2-8,16H,10-11H2,1H3,(H,22,24). The number of nitrogens with one attached hydrogen (secondary N) is 1. The van der Waals surface area contributed by atoms with E-state index in [0.717, 1.165) is 0 Å². The molecule has 0 bridgehead atoms. The first-order valence-corrected chi connectivity index (χ1v) is 8.00. The van der Waals surface area contributed by atoms with Gasteiger partial charge in [-0.2, -0.15) is 5.26 Å². The molecule has 1 heterocycles. The van der Waals surface area contributed by atoms with Crippen molar-refractivity contribution in [3.63, 3.8) is 0 Å². The van der Waals surface area contributed by atoms with Gasteiger partial charge in [-0.3, -0.25) is 9.69 Å². The molecule has 2 aromatic rings. The van der Waals surface area contributed by atoms with Crippen LogP contribution in [0.1, 0.15) is 12.5 Å². The van der Waals surface area contributed by atoms with Crippen LogP contribution in [0, 0.1) is 17.1 Å². The molecule has 1 N–H and O–H groups in total. The normalized spacial score (nSPS) is 16.1. The summed E-state index contributed by atoms with van der Waals surface area (Å²) in [6, 6.07) is 13.1. The molecule has 1 unspecified atom stereocenters. The molecule has 3 rings (SSSR count). The van der Waals surface area contributed by atoms with E-state index in [1.807, 2.05) is 6.07 Å². The molecule has 2 aromatic carbocycles. The molecule has 7 heteroatoms. The quantitative estimate of drug-likeness (QED) is 0.916. The molecule has 1 aliphatic rings. The van der Waals surface area contributed by atoms with Crippen LogP contribution in [0.15, 0.2) is 42.5 Å². The van der Waals surface area contributed by atoms with E-state index < -0.39 is 18.0 Å². The molecule has 0 aromatic heterocycles. The van der Waals surface area contributed by atoms with Crippen LogP contribution < -0.4 is 10.2 Å². The van der Waals surface area contributed by atoms with Crippen molar-refractivity contribution >= 4 is 17.7 Å². The molecule has 1 aliphatic heterocycles. The molecule has 0 saturated carbocycles. The minimum absolute atomic E-state index is 0.211. The average molecular weight is 353 g/mol. The lowest BCUT2D eigenvalue weighted by Gasteiger charge is -2.14. The number of hydrogen-bond donors (Lipinski definition) is 1. The number of cyclic esters (lactones) is 1. The van der Waals surface area contributed by atoms with Crippen molar-refractivity contribution in [3.8, 4) is 17.2 Å². The summed E-state index contributed by atoms with van der Waals surface area (Å²) in [7, 11) is 0. The van der Waals surface area contributed by atoms with Gasteiger partial charge in [-0.25, -0.2) is 9.18 Å². The second kappa shape index (κ2) is 7.23. The fourth-order valence-corrected chi connectivity index (χ4v) is 2.73. The van der Waals surface area contributed by atoms with Gasteiger partial charge in [-0.05, 0) is 35.9 Å². The second-order valence-electron chi connectivity index (χ2n) is 5.91. The van der Waals surface area contributed by atoms with Crippen molar-refractivity contribution < 1.29 is 18.7 Å². The zero-order valence-electron chi connectivity index (χ0n) is 14.0. The Morgan fingerprint density at radius 3 is 2.69 bits per heavy atom. The summed E-state index contributed by atoms with van der Waals surface area (Å²) >= 11 is 0. The average Bonchev–Trinajstić information content (AvgIpc) is 3.01. The van der Waals surface area contributed by atoms with Gasteiger partial charge in [0.2, 0.25) is 5.91 Å². The number of amides is 2. The lowest BCUT2D eigenvalue weighted by Crippen LogP contribution is -2.33. The van der Waals surface area contributed by atoms with Gasteiger partial charge in [0.25, 0.3) is 0 Å². The Morgan fingerprint density at radius 1 is 1.35 bits per heavy atom. The van der Waals surface area contributed by atoms with Gasteiger partial charge in [0.1, 0.15) is 11.9 Å². The van der Waals surface area contributed by atoms with Crippen LogP contribution in [0.3, 0.4) is 0 Å². The van der Waals surface area contributed by atoms with Crippen molar-refractivity contribution in [2.75, 3.05) is 18.0 Å². The number of anilines is 1. The van der Waals surface area contributed by atoms with Crippen molar-refractivity contribution in [1.29, 1.82) is 5.26 Å².